The Bertz CT molecular complexity index is 623. The van der Waals surface area contributed by atoms with E-state index in [1.54, 1.807) is 35.7 Å². The number of para-hydroxylation sites is 1. The number of hydrogen-bond acceptors (Lipinski definition) is 5. The molecule has 0 saturated heterocycles. The Morgan fingerprint density at radius 3 is 2.79 bits per heavy atom. The van der Waals surface area contributed by atoms with Crippen LogP contribution in [0.1, 0.15) is 15.2 Å². The summed E-state index contributed by atoms with van der Waals surface area (Å²) >= 11 is 1.29. The Morgan fingerprint density at radius 1 is 1.32 bits per heavy atom. The highest BCUT2D eigenvalue weighted by atomic mass is 32.1. The zero-order chi connectivity index (χ0) is 13.7. The molecule has 1 heterocycles. The molecule has 96 valence electrons. The maximum atomic E-state index is 11.6. The number of carbonyl (C=O) groups is 1. The van der Waals surface area contributed by atoms with Crippen LogP contribution in [-0.4, -0.2) is 17.0 Å². The highest BCUT2D eigenvalue weighted by molar-refractivity contribution is 7.12. The van der Waals surface area contributed by atoms with Gasteiger partial charge in [0.25, 0.3) is 11.6 Å². The number of thiophene rings is 1. The standard InChI is InChI=1S/C12H9N3O3S/c16-12(11-6-3-7-19-11)14-13-8-9-4-1-2-5-10(9)15(17)18/h1-8H,(H,14,16)/b13-8-. The van der Waals surface area contributed by atoms with E-state index >= 15 is 0 Å². The largest absolute Gasteiger partial charge is 0.281 e. The molecule has 7 heteroatoms. The molecule has 0 unspecified atom stereocenters. The molecular formula is C12H9N3O3S. The van der Waals surface area contributed by atoms with Crippen molar-refractivity contribution in [1.29, 1.82) is 0 Å². The molecule has 19 heavy (non-hydrogen) atoms. The van der Waals surface area contributed by atoms with Crippen molar-refractivity contribution >= 4 is 29.1 Å². The van der Waals surface area contributed by atoms with Gasteiger partial charge in [-0.15, -0.1) is 11.3 Å². The van der Waals surface area contributed by atoms with E-state index in [1.807, 2.05) is 0 Å². The van der Waals surface area contributed by atoms with Gasteiger partial charge in [0.05, 0.1) is 21.6 Å². The van der Waals surface area contributed by atoms with Crippen LogP contribution in [-0.2, 0) is 0 Å². The van der Waals surface area contributed by atoms with Crippen LogP contribution in [0.25, 0.3) is 0 Å². The first kappa shape index (κ1) is 12.9. The van der Waals surface area contributed by atoms with E-state index in [2.05, 4.69) is 10.5 Å². The van der Waals surface area contributed by atoms with Gasteiger partial charge in [0.2, 0.25) is 0 Å². The molecule has 6 nitrogen and oxygen atoms in total. The molecule has 0 spiro atoms. The average Bonchev–Trinajstić information content (AvgIpc) is 2.93. The molecule has 1 aromatic carbocycles. The number of nitrogens with zero attached hydrogens (tertiary/aromatic N) is 2. The smallest absolute Gasteiger partial charge is 0.266 e. The lowest BCUT2D eigenvalue weighted by molar-refractivity contribution is -0.385. The number of nitrogens with one attached hydrogen (secondary N) is 1. The molecule has 1 aromatic heterocycles. The lowest BCUT2D eigenvalue weighted by Gasteiger charge is -1.97. The number of benzene rings is 1. The third-order valence-electron chi connectivity index (χ3n) is 2.25. The summed E-state index contributed by atoms with van der Waals surface area (Å²) in [5.74, 6) is -0.343. The van der Waals surface area contributed by atoms with Crippen molar-refractivity contribution in [1.82, 2.24) is 5.43 Å². The molecule has 0 bridgehead atoms. The quantitative estimate of drug-likeness (QED) is 0.528. The van der Waals surface area contributed by atoms with Crippen molar-refractivity contribution < 1.29 is 9.72 Å². The van der Waals surface area contributed by atoms with Crippen LogP contribution in [0.5, 0.6) is 0 Å². The van der Waals surface area contributed by atoms with Crippen LogP contribution in [0.2, 0.25) is 0 Å². The summed E-state index contributed by atoms with van der Waals surface area (Å²) in [5, 5.41) is 16.3. The van der Waals surface area contributed by atoms with Gasteiger partial charge in [0.15, 0.2) is 0 Å². The first-order chi connectivity index (χ1) is 9.18. The number of nitro benzene ring substituents is 1. The first-order valence-corrected chi connectivity index (χ1v) is 6.17. The van der Waals surface area contributed by atoms with Crippen LogP contribution < -0.4 is 5.43 Å². The van der Waals surface area contributed by atoms with Crippen molar-refractivity contribution in [3.63, 3.8) is 0 Å². The highest BCUT2D eigenvalue weighted by Crippen LogP contribution is 2.15. The van der Waals surface area contributed by atoms with E-state index in [4.69, 9.17) is 0 Å². The fraction of sp³-hybridized carbons (Fsp3) is 0. The van der Waals surface area contributed by atoms with Crippen molar-refractivity contribution in [2.24, 2.45) is 5.10 Å². The third kappa shape index (κ3) is 3.23. The second-order valence-corrected chi connectivity index (χ2v) is 4.44. The van der Waals surface area contributed by atoms with E-state index in [0.717, 1.165) is 0 Å². The second-order valence-electron chi connectivity index (χ2n) is 3.49. The molecular weight excluding hydrogens is 266 g/mol. The second kappa shape index (κ2) is 5.87. The van der Waals surface area contributed by atoms with Gasteiger partial charge in [0, 0.05) is 6.07 Å². The van der Waals surface area contributed by atoms with Crippen molar-refractivity contribution in [3.05, 3.63) is 62.3 Å². The number of hydrogen-bond donors (Lipinski definition) is 1. The summed E-state index contributed by atoms with van der Waals surface area (Å²) in [6, 6.07) is 9.59. The summed E-state index contributed by atoms with van der Waals surface area (Å²) in [5.41, 5.74) is 2.59. The molecule has 0 saturated carbocycles. The molecule has 2 rings (SSSR count). The van der Waals surface area contributed by atoms with Crippen molar-refractivity contribution in [2.45, 2.75) is 0 Å². The number of nitro groups is 1. The topological polar surface area (TPSA) is 84.6 Å². The SMILES string of the molecule is O=C(N/N=C\c1ccccc1[N+](=O)[O-])c1cccs1. The molecule has 0 radical (unpaired) electrons. The summed E-state index contributed by atoms with van der Waals surface area (Å²) in [6.07, 6.45) is 1.25. The summed E-state index contributed by atoms with van der Waals surface area (Å²) < 4.78 is 0. The average molecular weight is 275 g/mol. The van der Waals surface area contributed by atoms with Crippen LogP contribution in [0, 0.1) is 10.1 Å². The fourth-order valence-corrected chi connectivity index (χ4v) is 2.00. The number of amides is 1. The van der Waals surface area contributed by atoms with Crippen LogP contribution in [0.3, 0.4) is 0 Å². The number of hydrazone groups is 1. The minimum atomic E-state index is -0.498. The maximum absolute atomic E-state index is 11.6. The predicted molar refractivity (Wildman–Crippen MR) is 72.5 cm³/mol. The van der Waals surface area contributed by atoms with E-state index in [0.29, 0.717) is 10.4 Å². The van der Waals surface area contributed by atoms with Gasteiger partial charge in [-0.3, -0.25) is 14.9 Å². The van der Waals surface area contributed by atoms with Gasteiger partial charge < -0.3 is 0 Å². The Labute approximate surface area is 112 Å². The fourth-order valence-electron chi connectivity index (χ4n) is 1.39. The van der Waals surface area contributed by atoms with E-state index in [-0.39, 0.29) is 11.6 Å². The Balaban J connectivity index is 2.07. The predicted octanol–water partition coefficient (Wildman–Crippen LogP) is 2.42. The lowest BCUT2D eigenvalue weighted by Crippen LogP contribution is -2.16. The summed E-state index contributed by atoms with van der Waals surface area (Å²) in [6.45, 7) is 0. The first-order valence-electron chi connectivity index (χ1n) is 5.29. The molecule has 0 atom stereocenters. The Morgan fingerprint density at radius 2 is 2.11 bits per heavy atom. The Kier molecular flexibility index (Phi) is 3.99. The van der Waals surface area contributed by atoms with Crippen LogP contribution >= 0.6 is 11.3 Å². The van der Waals surface area contributed by atoms with Crippen molar-refractivity contribution in [2.75, 3.05) is 0 Å². The van der Waals surface area contributed by atoms with Crippen molar-refractivity contribution in [3.8, 4) is 0 Å². The molecule has 1 amide bonds. The summed E-state index contributed by atoms with van der Waals surface area (Å²) in [4.78, 5) is 22.4. The van der Waals surface area contributed by atoms with Gasteiger partial charge in [0.1, 0.15) is 0 Å². The monoisotopic (exact) mass is 275 g/mol. The maximum Gasteiger partial charge on any atom is 0.281 e. The molecule has 0 fully saturated rings. The van der Waals surface area contributed by atoms with E-state index in [9.17, 15) is 14.9 Å². The van der Waals surface area contributed by atoms with Gasteiger partial charge in [-0.1, -0.05) is 18.2 Å². The molecule has 2 aromatic rings. The van der Waals surface area contributed by atoms with Crippen LogP contribution in [0.15, 0.2) is 46.9 Å². The molecule has 0 aliphatic carbocycles. The minimum absolute atomic E-state index is 0.0587. The lowest BCUT2D eigenvalue weighted by atomic mass is 10.2. The molecule has 0 aliphatic rings. The molecule has 0 aliphatic heterocycles. The Hall–Kier alpha value is -2.54. The van der Waals surface area contributed by atoms with Gasteiger partial charge >= 0.3 is 0 Å². The number of carbonyl (C=O) groups excluding carboxylic acids is 1. The van der Waals surface area contributed by atoms with E-state index < -0.39 is 4.92 Å². The number of rotatable bonds is 4. The van der Waals surface area contributed by atoms with Gasteiger partial charge in [-0.25, -0.2) is 5.43 Å². The van der Waals surface area contributed by atoms with Gasteiger partial charge in [-0.2, -0.15) is 5.10 Å². The normalized spacial score (nSPS) is 10.5. The van der Waals surface area contributed by atoms with Crippen LogP contribution in [0.4, 0.5) is 5.69 Å². The van der Waals surface area contributed by atoms with Gasteiger partial charge in [-0.05, 0) is 17.5 Å². The third-order valence-corrected chi connectivity index (χ3v) is 3.12. The van der Waals surface area contributed by atoms with E-state index in [1.165, 1.54) is 23.6 Å². The zero-order valence-corrected chi connectivity index (χ0v) is 10.5. The summed E-state index contributed by atoms with van der Waals surface area (Å²) in [7, 11) is 0. The highest BCUT2D eigenvalue weighted by Gasteiger charge is 2.10. The zero-order valence-electron chi connectivity index (χ0n) is 9.65. The molecule has 1 N–H and O–H groups in total. The minimum Gasteiger partial charge on any atom is -0.266 e.